The van der Waals surface area contributed by atoms with Gasteiger partial charge in [-0.1, -0.05) is 0 Å². The molecule has 1 amide bonds. The summed E-state index contributed by atoms with van der Waals surface area (Å²) in [6.07, 6.45) is 0.498. The minimum atomic E-state index is -3.78. The van der Waals surface area contributed by atoms with E-state index in [1.807, 2.05) is 4.90 Å². The van der Waals surface area contributed by atoms with Crippen molar-refractivity contribution in [1.29, 1.82) is 0 Å². The first-order valence-corrected chi connectivity index (χ1v) is 11.7. The SMILES string of the molecule is COc1ccc([N+](=O)[O-])cc1NC(=O)[C@H](C)N1CCCN(S(=O)(=O)c2ccc(F)cc2)CC1. The Morgan fingerprint density at radius 1 is 1.15 bits per heavy atom. The molecule has 0 unspecified atom stereocenters. The number of hydrogen-bond donors (Lipinski definition) is 1. The van der Waals surface area contributed by atoms with Gasteiger partial charge in [-0.3, -0.25) is 19.8 Å². The van der Waals surface area contributed by atoms with Gasteiger partial charge >= 0.3 is 0 Å². The Bertz CT molecular complexity index is 1130. The number of hydrogen-bond acceptors (Lipinski definition) is 7. The molecule has 1 fully saturated rings. The zero-order chi connectivity index (χ0) is 24.2. The van der Waals surface area contributed by atoms with E-state index in [9.17, 15) is 27.7 Å². The standard InChI is InChI=1S/C21H25FN4O6S/c1-15(21(27)23-19-14-17(26(28)29)6-9-20(19)32-2)24-10-3-11-25(13-12-24)33(30,31)18-7-4-16(22)5-8-18/h4-9,14-15H,3,10-13H2,1-2H3,(H,23,27)/t15-/m0/s1. The molecule has 1 N–H and O–H groups in total. The number of non-ortho nitro benzene ring substituents is 1. The van der Waals surface area contributed by atoms with Gasteiger partial charge in [0.05, 0.1) is 28.7 Å². The maximum absolute atomic E-state index is 13.2. The predicted octanol–water partition coefficient (Wildman–Crippen LogP) is 2.47. The van der Waals surface area contributed by atoms with Crippen molar-refractivity contribution in [2.45, 2.75) is 24.3 Å². The number of amides is 1. The van der Waals surface area contributed by atoms with E-state index in [4.69, 9.17) is 4.74 Å². The quantitative estimate of drug-likeness (QED) is 0.477. The Morgan fingerprint density at radius 2 is 1.85 bits per heavy atom. The number of carbonyl (C=O) groups is 1. The molecule has 178 valence electrons. The summed E-state index contributed by atoms with van der Waals surface area (Å²) in [4.78, 5) is 25.2. The average Bonchev–Trinajstić information content (AvgIpc) is 3.05. The number of methoxy groups -OCH3 is 1. The fourth-order valence-corrected chi connectivity index (χ4v) is 5.08. The molecule has 0 aromatic heterocycles. The molecule has 1 atom stereocenters. The molecule has 10 nitrogen and oxygen atoms in total. The highest BCUT2D eigenvalue weighted by Crippen LogP contribution is 2.29. The Balaban J connectivity index is 1.69. The number of rotatable bonds is 7. The first-order valence-electron chi connectivity index (χ1n) is 10.3. The van der Waals surface area contributed by atoms with Crippen molar-refractivity contribution in [2.75, 3.05) is 38.6 Å². The van der Waals surface area contributed by atoms with Gasteiger partial charge in [-0.05, 0) is 43.7 Å². The van der Waals surface area contributed by atoms with Gasteiger partial charge in [0.1, 0.15) is 11.6 Å². The van der Waals surface area contributed by atoms with Gasteiger partial charge in [-0.25, -0.2) is 12.8 Å². The Labute approximate surface area is 191 Å². The number of nitro groups is 1. The van der Waals surface area contributed by atoms with Gasteiger partial charge in [-0.2, -0.15) is 4.31 Å². The number of carbonyl (C=O) groups excluding carboxylic acids is 1. The molecule has 0 saturated carbocycles. The van der Waals surface area contributed by atoms with E-state index < -0.39 is 32.7 Å². The predicted molar refractivity (Wildman–Crippen MR) is 119 cm³/mol. The molecule has 1 saturated heterocycles. The number of nitro benzene ring substituents is 1. The molecule has 1 aliphatic rings. The van der Waals surface area contributed by atoms with E-state index in [-0.39, 0.29) is 35.1 Å². The van der Waals surface area contributed by atoms with Gasteiger partial charge in [-0.15, -0.1) is 0 Å². The van der Waals surface area contributed by atoms with Crippen LogP contribution in [-0.2, 0) is 14.8 Å². The van der Waals surface area contributed by atoms with Gasteiger partial charge in [0.2, 0.25) is 15.9 Å². The van der Waals surface area contributed by atoms with Crippen molar-refractivity contribution in [1.82, 2.24) is 9.21 Å². The lowest BCUT2D eigenvalue weighted by molar-refractivity contribution is -0.384. The van der Waals surface area contributed by atoms with Crippen LogP contribution in [0, 0.1) is 15.9 Å². The summed E-state index contributed by atoms with van der Waals surface area (Å²) < 4.78 is 45.5. The molecule has 2 aromatic carbocycles. The van der Waals surface area contributed by atoms with Crippen molar-refractivity contribution in [3.63, 3.8) is 0 Å². The zero-order valence-electron chi connectivity index (χ0n) is 18.2. The minimum Gasteiger partial charge on any atom is -0.495 e. The van der Waals surface area contributed by atoms with Gasteiger partial charge in [0.25, 0.3) is 5.69 Å². The molecule has 3 rings (SSSR count). The van der Waals surface area contributed by atoms with Crippen molar-refractivity contribution in [3.8, 4) is 5.75 Å². The monoisotopic (exact) mass is 480 g/mol. The first-order chi connectivity index (χ1) is 15.6. The summed E-state index contributed by atoms with van der Waals surface area (Å²) in [7, 11) is -2.39. The van der Waals surface area contributed by atoms with Crippen LogP contribution in [0.1, 0.15) is 13.3 Å². The summed E-state index contributed by atoms with van der Waals surface area (Å²) >= 11 is 0. The van der Waals surface area contributed by atoms with E-state index >= 15 is 0 Å². The van der Waals surface area contributed by atoms with Crippen LogP contribution in [-0.4, -0.2) is 67.8 Å². The number of anilines is 1. The lowest BCUT2D eigenvalue weighted by atomic mass is 10.2. The highest BCUT2D eigenvalue weighted by Gasteiger charge is 2.30. The maximum atomic E-state index is 13.2. The molecule has 1 heterocycles. The summed E-state index contributed by atoms with van der Waals surface area (Å²) in [6.45, 7) is 2.90. The average molecular weight is 481 g/mol. The van der Waals surface area contributed by atoms with E-state index in [2.05, 4.69) is 5.32 Å². The second-order valence-corrected chi connectivity index (χ2v) is 9.49. The molecule has 2 aromatic rings. The van der Waals surface area contributed by atoms with Gasteiger partial charge < -0.3 is 10.1 Å². The fourth-order valence-electron chi connectivity index (χ4n) is 3.61. The van der Waals surface area contributed by atoms with Crippen LogP contribution in [0.15, 0.2) is 47.4 Å². The molecule has 0 spiro atoms. The third kappa shape index (κ3) is 5.64. The van der Waals surface area contributed by atoms with Crippen molar-refractivity contribution < 1.29 is 27.3 Å². The van der Waals surface area contributed by atoms with Crippen LogP contribution in [0.25, 0.3) is 0 Å². The minimum absolute atomic E-state index is 0.0147. The van der Waals surface area contributed by atoms with Crippen LogP contribution in [0.5, 0.6) is 5.75 Å². The van der Waals surface area contributed by atoms with Crippen LogP contribution >= 0.6 is 0 Å². The molecule has 12 heteroatoms. The Hall–Kier alpha value is -3.09. The number of ether oxygens (including phenoxy) is 1. The topological polar surface area (TPSA) is 122 Å². The van der Waals surface area contributed by atoms with Crippen LogP contribution < -0.4 is 10.1 Å². The highest BCUT2D eigenvalue weighted by atomic mass is 32.2. The van der Waals surface area contributed by atoms with E-state index in [0.29, 0.717) is 19.5 Å². The number of halogens is 1. The van der Waals surface area contributed by atoms with Gasteiger partial charge in [0.15, 0.2) is 0 Å². The molecular formula is C21H25FN4O6S. The van der Waals surface area contributed by atoms with E-state index in [1.54, 1.807) is 6.92 Å². The molecule has 0 bridgehead atoms. The second-order valence-electron chi connectivity index (χ2n) is 7.55. The number of nitrogens with zero attached hydrogens (tertiary/aromatic N) is 3. The second kappa shape index (κ2) is 10.2. The van der Waals surface area contributed by atoms with Gasteiger partial charge in [0, 0.05) is 38.3 Å². The molecule has 0 radical (unpaired) electrons. The van der Waals surface area contributed by atoms with Crippen LogP contribution in [0.2, 0.25) is 0 Å². The summed E-state index contributed by atoms with van der Waals surface area (Å²) in [5.74, 6) is -0.631. The van der Waals surface area contributed by atoms with E-state index in [0.717, 1.165) is 12.1 Å². The lowest BCUT2D eigenvalue weighted by Crippen LogP contribution is -2.44. The van der Waals surface area contributed by atoms with Crippen molar-refractivity contribution >= 4 is 27.3 Å². The third-order valence-electron chi connectivity index (χ3n) is 5.52. The lowest BCUT2D eigenvalue weighted by Gasteiger charge is -2.27. The molecule has 33 heavy (non-hydrogen) atoms. The summed E-state index contributed by atoms with van der Waals surface area (Å²) in [6, 6.07) is 7.96. The normalized spacial score (nSPS) is 16.6. The first kappa shape index (κ1) is 24.6. The van der Waals surface area contributed by atoms with Crippen LogP contribution in [0.3, 0.4) is 0 Å². The summed E-state index contributed by atoms with van der Waals surface area (Å²) in [5.41, 5.74) is -0.00551. The number of sulfonamides is 1. The summed E-state index contributed by atoms with van der Waals surface area (Å²) in [5, 5.41) is 13.7. The van der Waals surface area contributed by atoms with Crippen molar-refractivity contribution in [3.05, 3.63) is 58.4 Å². The Kier molecular flexibility index (Phi) is 7.61. The van der Waals surface area contributed by atoms with Crippen molar-refractivity contribution in [2.24, 2.45) is 0 Å². The molecule has 0 aliphatic carbocycles. The zero-order valence-corrected chi connectivity index (χ0v) is 19.0. The van der Waals surface area contributed by atoms with Crippen LogP contribution in [0.4, 0.5) is 15.8 Å². The third-order valence-corrected chi connectivity index (χ3v) is 7.43. The number of benzene rings is 2. The largest absolute Gasteiger partial charge is 0.495 e. The fraction of sp³-hybridized carbons (Fsp3) is 0.381. The highest BCUT2D eigenvalue weighted by molar-refractivity contribution is 7.89. The maximum Gasteiger partial charge on any atom is 0.271 e. The number of nitrogens with one attached hydrogen (secondary N) is 1. The Morgan fingerprint density at radius 3 is 2.48 bits per heavy atom. The molecule has 1 aliphatic heterocycles. The smallest absolute Gasteiger partial charge is 0.271 e. The molecular weight excluding hydrogens is 455 g/mol. The van der Waals surface area contributed by atoms with E-state index in [1.165, 1.54) is 41.7 Å².